The number of alkyl carbamates (subject to hydrolysis) is 1. The van der Waals surface area contributed by atoms with Crippen molar-refractivity contribution in [3.8, 4) is 0 Å². The van der Waals surface area contributed by atoms with Crippen LogP contribution in [0.3, 0.4) is 0 Å². The van der Waals surface area contributed by atoms with E-state index in [-0.39, 0.29) is 30.5 Å². The number of rotatable bonds is 7. The monoisotopic (exact) mass is 372 g/mol. The third kappa shape index (κ3) is 6.89. The van der Waals surface area contributed by atoms with Crippen molar-refractivity contribution in [1.29, 1.82) is 0 Å². The highest BCUT2D eigenvalue weighted by Gasteiger charge is 2.12. The van der Waals surface area contributed by atoms with E-state index in [1.165, 1.54) is 19.1 Å². The number of ketones is 1. The molecule has 7 heteroatoms. The van der Waals surface area contributed by atoms with Crippen molar-refractivity contribution in [3.05, 3.63) is 65.5 Å². The Morgan fingerprint density at radius 3 is 2.19 bits per heavy atom. The molecular weight excluding hydrogens is 351 g/mol. The van der Waals surface area contributed by atoms with Crippen LogP contribution in [0, 0.1) is 5.82 Å². The van der Waals surface area contributed by atoms with Crippen LogP contribution in [0.25, 0.3) is 0 Å². The topological polar surface area (TPSA) is 84.5 Å². The van der Waals surface area contributed by atoms with Gasteiger partial charge in [0.2, 0.25) is 5.91 Å². The molecule has 0 fully saturated rings. The summed E-state index contributed by atoms with van der Waals surface area (Å²) < 4.78 is 17.9. The standard InChI is InChI=1S/C20H21FN2O4/c1-13(14(2)24)22-20(26)27-12-16-5-9-18(10-6-16)23-19(25)11-15-3-7-17(21)8-4-15/h3-10,13H,11-12H2,1-2H3,(H,22,26)(H,23,25)/t13-/m1/s1. The maximum absolute atomic E-state index is 12.9. The molecule has 27 heavy (non-hydrogen) atoms. The maximum Gasteiger partial charge on any atom is 0.408 e. The smallest absolute Gasteiger partial charge is 0.408 e. The molecule has 0 heterocycles. The van der Waals surface area contributed by atoms with E-state index in [9.17, 15) is 18.8 Å². The zero-order valence-corrected chi connectivity index (χ0v) is 15.1. The summed E-state index contributed by atoms with van der Waals surface area (Å²) in [5, 5.41) is 5.17. The maximum atomic E-state index is 12.9. The van der Waals surface area contributed by atoms with Crippen molar-refractivity contribution in [2.24, 2.45) is 0 Å². The molecule has 2 N–H and O–H groups in total. The summed E-state index contributed by atoms with van der Waals surface area (Å²) in [7, 11) is 0. The van der Waals surface area contributed by atoms with Gasteiger partial charge in [-0.25, -0.2) is 9.18 Å². The van der Waals surface area contributed by atoms with Crippen molar-refractivity contribution < 1.29 is 23.5 Å². The lowest BCUT2D eigenvalue weighted by Crippen LogP contribution is -2.37. The highest BCUT2D eigenvalue weighted by molar-refractivity contribution is 5.92. The van der Waals surface area contributed by atoms with E-state index in [0.29, 0.717) is 11.3 Å². The van der Waals surface area contributed by atoms with Gasteiger partial charge in [-0.15, -0.1) is 0 Å². The lowest BCUT2D eigenvalue weighted by molar-refractivity contribution is -0.118. The number of carbonyl (C=O) groups excluding carboxylic acids is 3. The third-order valence-corrected chi connectivity index (χ3v) is 3.83. The largest absolute Gasteiger partial charge is 0.445 e. The Morgan fingerprint density at radius 2 is 1.59 bits per heavy atom. The van der Waals surface area contributed by atoms with Crippen LogP contribution >= 0.6 is 0 Å². The molecular formula is C20H21FN2O4. The van der Waals surface area contributed by atoms with Crippen LogP contribution < -0.4 is 10.6 Å². The van der Waals surface area contributed by atoms with E-state index in [2.05, 4.69) is 10.6 Å². The van der Waals surface area contributed by atoms with Crippen molar-refractivity contribution >= 4 is 23.5 Å². The Kier molecular flexibility index (Phi) is 7.05. The fourth-order valence-electron chi connectivity index (χ4n) is 2.15. The first-order chi connectivity index (χ1) is 12.8. The molecule has 0 radical (unpaired) electrons. The van der Waals surface area contributed by atoms with Crippen molar-refractivity contribution in [2.75, 3.05) is 5.32 Å². The second-order valence-corrected chi connectivity index (χ2v) is 6.10. The summed E-state index contributed by atoms with van der Waals surface area (Å²) >= 11 is 0. The Bertz CT molecular complexity index is 804. The summed E-state index contributed by atoms with van der Waals surface area (Å²) in [6.07, 6.45) is -0.533. The Labute approximate surface area is 156 Å². The second-order valence-electron chi connectivity index (χ2n) is 6.10. The second kappa shape index (κ2) is 9.47. The normalized spacial score (nSPS) is 11.4. The molecule has 1 atom stereocenters. The lowest BCUT2D eigenvalue weighted by Gasteiger charge is -2.11. The summed E-state index contributed by atoms with van der Waals surface area (Å²) in [5.74, 6) is -0.725. The molecule has 2 aromatic carbocycles. The van der Waals surface area contributed by atoms with Gasteiger partial charge in [0.15, 0.2) is 5.78 Å². The number of nitrogens with one attached hydrogen (secondary N) is 2. The fraction of sp³-hybridized carbons (Fsp3) is 0.250. The molecule has 2 aromatic rings. The number of ether oxygens (including phenoxy) is 1. The van der Waals surface area contributed by atoms with E-state index in [4.69, 9.17) is 4.74 Å². The van der Waals surface area contributed by atoms with E-state index < -0.39 is 12.1 Å². The molecule has 0 aliphatic heterocycles. The minimum absolute atomic E-state index is 0.0419. The van der Waals surface area contributed by atoms with E-state index in [1.54, 1.807) is 43.3 Å². The van der Waals surface area contributed by atoms with Crippen LogP contribution in [0.4, 0.5) is 14.9 Å². The molecule has 0 aliphatic rings. The number of hydrogen-bond acceptors (Lipinski definition) is 4. The van der Waals surface area contributed by atoms with E-state index in [1.807, 2.05) is 0 Å². The van der Waals surface area contributed by atoms with Crippen LogP contribution in [-0.2, 0) is 27.4 Å². The molecule has 0 unspecified atom stereocenters. The third-order valence-electron chi connectivity index (χ3n) is 3.83. The van der Waals surface area contributed by atoms with Gasteiger partial charge in [-0.2, -0.15) is 0 Å². The van der Waals surface area contributed by atoms with Gasteiger partial charge in [0, 0.05) is 5.69 Å². The van der Waals surface area contributed by atoms with E-state index in [0.717, 1.165) is 5.56 Å². The number of carbonyl (C=O) groups is 3. The predicted molar refractivity (Wildman–Crippen MR) is 98.6 cm³/mol. The van der Waals surface area contributed by atoms with Gasteiger partial charge in [-0.05, 0) is 49.2 Å². The number of amides is 2. The number of halogens is 1. The van der Waals surface area contributed by atoms with Crippen LogP contribution in [0.5, 0.6) is 0 Å². The minimum atomic E-state index is -0.672. The van der Waals surface area contributed by atoms with Crippen LogP contribution in [0.1, 0.15) is 25.0 Å². The lowest BCUT2D eigenvalue weighted by atomic mass is 10.1. The highest BCUT2D eigenvalue weighted by atomic mass is 19.1. The number of hydrogen-bond donors (Lipinski definition) is 2. The summed E-state index contributed by atoms with van der Waals surface area (Å²) in [6, 6.07) is 12.0. The Morgan fingerprint density at radius 1 is 1.00 bits per heavy atom. The van der Waals surface area contributed by atoms with Crippen molar-refractivity contribution in [3.63, 3.8) is 0 Å². The van der Waals surface area contributed by atoms with Gasteiger partial charge in [0.25, 0.3) is 0 Å². The van der Waals surface area contributed by atoms with Crippen molar-refractivity contribution in [1.82, 2.24) is 5.32 Å². The molecule has 0 saturated carbocycles. The summed E-state index contributed by atoms with van der Waals surface area (Å²) in [6.45, 7) is 3.00. The molecule has 2 amide bonds. The zero-order chi connectivity index (χ0) is 19.8. The van der Waals surface area contributed by atoms with Gasteiger partial charge in [0.1, 0.15) is 12.4 Å². The molecule has 6 nitrogen and oxygen atoms in total. The van der Waals surface area contributed by atoms with Crippen LogP contribution in [0.2, 0.25) is 0 Å². The predicted octanol–water partition coefficient (Wildman–Crippen LogP) is 3.21. The fourth-order valence-corrected chi connectivity index (χ4v) is 2.15. The number of Topliss-reactive ketones (excluding diaryl/α,β-unsaturated/α-hetero) is 1. The van der Waals surface area contributed by atoms with Gasteiger partial charge in [-0.3, -0.25) is 9.59 Å². The van der Waals surface area contributed by atoms with Crippen LogP contribution in [0.15, 0.2) is 48.5 Å². The van der Waals surface area contributed by atoms with Gasteiger partial charge in [-0.1, -0.05) is 24.3 Å². The molecule has 0 spiro atoms. The zero-order valence-electron chi connectivity index (χ0n) is 15.1. The van der Waals surface area contributed by atoms with Gasteiger partial charge in [0.05, 0.1) is 12.5 Å². The molecule has 0 saturated heterocycles. The SMILES string of the molecule is CC(=O)[C@@H](C)NC(=O)OCc1ccc(NC(=O)Cc2ccc(F)cc2)cc1. The minimum Gasteiger partial charge on any atom is -0.445 e. The molecule has 0 aromatic heterocycles. The molecule has 0 aliphatic carbocycles. The van der Waals surface area contributed by atoms with Gasteiger partial charge < -0.3 is 15.4 Å². The summed E-state index contributed by atoms with van der Waals surface area (Å²) in [5.41, 5.74) is 2.04. The first kappa shape index (κ1) is 20.1. The highest BCUT2D eigenvalue weighted by Crippen LogP contribution is 2.12. The molecule has 2 rings (SSSR count). The van der Waals surface area contributed by atoms with E-state index >= 15 is 0 Å². The number of benzene rings is 2. The Hall–Kier alpha value is -3.22. The molecule has 0 bridgehead atoms. The van der Waals surface area contributed by atoms with Crippen molar-refractivity contribution in [2.45, 2.75) is 32.9 Å². The quantitative estimate of drug-likeness (QED) is 0.782. The molecule has 142 valence electrons. The first-order valence-corrected chi connectivity index (χ1v) is 8.40. The number of anilines is 1. The average Bonchev–Trinajstić information content (AvgIpc) is 2.63. The summed E-state index contributed by atoms with van der Waals surface area (Å²) in [4.78, 5) is 34.7. The Balaban J connectivity index is 1.80. The van der Waals surface area contributed by atoms with Gasteiger partial charge >= 0.3 is 6.09 Å². The van der Waals surface area contributed by atoms with Crippen LogP contribution in [-0.4, -0.2) is 23.8 Å². The first-order valence-electron chi connectivity index (χ1n) is 8.40. The average molecular weight is 372 g/mol.